The topological polar surface area (TPSA) is 59.0 Å². The monoisotopic (exact) mass is 423 g/mol. The number of aromatic hydroxyl groups is 1. The Bertz CT molecular complexity index is 980. The highest BCUT2D eigenvalue weighted by molar-refractivity contribution is 5.90. The minimum atomic E-state index is -0.389. The van der Waals surface area contributed by atoms with Crippen LogP contribution in [0, 0.1) is 6.92 Å². The average Bonchev–Trinajstić information content (AvgIpc) is 2.74. The molecule has 31 heavy (non-hydrogen) atoms. The largest absolute Gasteiger partial charge is 0.507 e. The summed E-state index contributed by atoms with van der Waals surface area (Å²) in [6.45, 7) is 10.9. The number of aryl methyl sites for hydroxylation is 2. The molecule has 3 rings (SSSR count). The second-order valence-electron chi connectivity index (χ2n) is 8.24. The predicted molar refractivity (Wildman–Crippen MR) is 124 cm³/mol. The normalized spacial score (nSPS) is 12.1. The molecule has 5 nitrogen and oxygen atoms in total. The Morgan fingerprint density at radius 2 is 1.94 bits per heavy atom. The first-order chi connectivity index (χ1) is 14.9. The molecule has 0 radical (unpaired) electrons. The van der Waals surface area contributed by atoms with E-state index in [2.05, 4.69) is 13.5 Å². The van der Waals surface area contributed by atoms with Crippen LogP contribution in [0.1, 0.15) is 61.8 Å². The molecular weight excluding hydrogens is 390 g/mol. The van der Waals surface area contributed by atoms with E-state index in [0.29, 0.717) is 23.7 Å². The fraction of sp³-hybridized carbons (Fsp3) is 0.423. The number of benzene rings is 2. The van der Waals surface area contributed by atoms with Gasteiger partial charge in [0.25, 0.3) is 0 Å². The lowest BCUT2D eigenvalue weighted by atomic mass is 9.88. The number of carbonyl (C=O) groups is 1. The number of carbonyl (C=O) groups excluding carboxylic acids is 1. The summed E-state index contributed by atoms with van der Waals surface area (Å²) < 4.78 is 11.3. The quantitative estimate of drug-likeness (QED) is 0.496. The van der Waals surface area contributed by atoms with Crippen molar-refractivity contribution in [1.29, 1.82) is 0 Å². The van der Waals surface area contributed by atoms with Gasteiger partial charge in [-0.25, -0.2) is 4.79 Å². The lowest BCUT2D eigenvalue weighted by Crippen LogP contribution is -2.28. The Kier molecular flexibility index (Phi) is 7.26. The van der Waals surface area contributed by atoms with Crippen LogP contribution in [0.25, 0.3) is 16.9 Å². The SMILES string of the molecule is C=C1Oc2cc(CCCCC)c(CN(C)C(=O)OCCC)c(O)c2-c2cc(C)ccc21. The van der Waals surface area contributed by atoms with Crippen molar-refractivity contribution < 1.29 is 19.4 Å². The molecule has 1 aliphatic rings. The van der Waals surface area contributed by atoms with Crippen LogP contribution in [-0.2, 0) is 17.7 Å². The van der Waals surface area contributed by atoms with Gasteiger partial charge in [-0.3, -0.25) is 0 Å². The van der Waals surface area contributed by atoms with Gasteiger partial charge in [0.05, 0.1) is 18.7 Å². The van der Waals surface area contributed by atoms with Gasteiger partial charge in [0.2, 0.25) is 0 Å². The lowest BCUT2D eigenvalue weighted by molar-refractivity contribution is 0.109. The third-order valence-electron chi connectivity index (χ3n) is 5.63. The van der Waals surface area contributed by atoms with E-state index in [1.807, 2.05) is 38.1 Å². The highest BCUT2D eigenvalue weighted by Crippen LogP contribution is 2.49. The van der Waals surface area contributed by atoms with Crippen LogP contribution in [0.2, 0.25) is 0 Å². The molecule has 166 valence electrons. The van der Waals surface area contributed by atoms with Gasteiger partial charge in [-0.05, 0) is 37.8 Å². The third-order valence-corrected chi connectivity index (χ3v) is 5.63. The Balaban J connectivity index is 2.07. The second kappa shape index (κ2) is 9.90. The van der Waals surface area contributed by atoms with Gasteiger partial charge in [-0.15, -0.1) is 0 Å². The molecule has 1 amide bonds. The molecule has 2 aromatic rings. The van der Waals surface area contributed by atoms with Gasteiger partial charge >= 0.3 is 6.09 Å². The van der Waals surface area contributed by atoms with Crippen LogP contribution in [0.4, 0.5) is 4.79 Å². The van der Waals surface area contributed by atoms with Crippen LogP contribution in [0.5, 0.6) is 11.5 Å². The van der Waals surface area contributed by atoms with Crippen molar-refractivity contribution in [3.05, 3.63) is 53.1 Å². The first-order valence-corrected chi connectivity index (χ1v) is 11.1. The number of phenols is 1. The molecule has 0 aliphatic carbocycles. The third kappa shape index (κ3) is 4.87. The van der Waals surface area contributed by atoms with Crippen LogP contribution >= 0.6 is 0 Å². The summed E-state index contributed by atoms with van der Waals surface area (Å²) in [7, 11) is 1.70. The van der Waals surface area contributed by atoms with Gasteiger partial charge in [0.1, 0.15) is 17.3 Å². The summed E-state index contributed by atoms with van der Waals surface area (Å²) in [5, 5.41) is 11.4. The van der Waals surface area contributed by atoms with E-state index in [-0.39, 0.29) is 18.4 Å². The second-order valence-corrected chi connectivity index (χ2v) is 8.24. The summed E-state index contributed by atoms with van der Waals surface area (Å²) in [6, 6.07) is 8.02. The van der Waals surface area contributed by atoms with Crippen LogP contribution < -0.4 is 4.74 Å². The zero-order chi connectivity index (χ0) is 22.5. The first-order valence-electron chi connectivity index (χ1n) is 11.1. The Labute approximate surface area is 185 Å². The van der Waals surface area contributed by atoms with Crippen molar-refractivity contribution in [2.24, 2.45) is 0 Å². The van der Waals surface area contributed by atoms with Crippen LogP contribution in [-0.4, -0.2) is 29.8 Å². The molecule has 0 spiro atoms. The van der Waals surface area contributed by atoms with E-state index in [4.69, 9.17) is 9.47 Å². The molecule has 0 fully saturated rings. The summed E-state index contributed by atoms with van der Waals surface area (Å²) in [6.07, 6.45) is 4.39. The van der Waals surface area contributed by atoms with E-state index in [0.717, 1.165) is 59.9 Å². The molecule has 0 saturated carbocycles. The van der Waals surface area contributed by atoms with Gasteiger partial charge in [-0.2, -0.15) is 0 Å². The van der Waals surface area contributed by atoms with Gasteiger partial charge in [0, 0.05) is 23.7 Å². The van der Waals surface area contributed by atoms with Crippen molar-refractivity contribution in [2.45, 2.75) is 59.4 Å². The molecule has 0 atom stereocenters. The van der Waals surface area contributed by atoms with Crippen LogP contribution in [0.15, 0.2) is 30.8 Å². The number of phenolic OH excluding ortho intramolecular Hbond substituents is 1. The zero-order valence-corrected chi connectivity index (χ0v) is 19.1. The van der Waals surface area contributed by atoms with Crippen molar-refractivity contribution in [1.82, 2.24) is 4.90 Å². The van der Waals surface area contributed by atoms with Crippen LogP contribution in [0.3, 0.4) is 0 Å². The Morgan fingerprint density at radius 1 is 1.16 bits per heavy atom. The number of fused-ring (bicyclic) bond motifs is 3. The number of ether oxygens (including phenoxy) is 2. The van der Waals surface area contributed by atoms with E-state index < -0.39 is 0 Å². The molecule has 0 saturated heterocycles. The van der Waals surface area contributed by atoms with E-state index in [1.54, 1.807) is 7.05 Å². The van der Waals surface area contributed by atoms with Crippen molar-refractivity contribution in [3.8, 4) is 22.6 Å². The number of unbranched alkanes of at least 4 members (excludes halogenated alkanes) is 2. The molecule has 5 heteroatoms. The summed E-state index contributed by atoms with van der Waals surface area (Å²) in [5.41, 5.74) is 5.26. The van der Waals surface area contributed by atoms with Crippen molar-refractivity contribution >= 4 is 11.9 Å². The van der Waals surface area contributed by atoms with Gasteiger partial charge < -0.3 is 19.5 Å². The van der Waals surface area contributed by atoms with Gasteiger partial charge in [0.15, 0.2) is 0 Å². The number of hydrogen-bond donors (Lipinski definition) is 1. The number of rotatable bonds is 8. The number of nitrogens with zero attached hydrogens (tertiary/aromatic N) is 1. The summed E-state index contributed by atoms with van der Waals surface area (Å²) in [5.74, 6) is 1.36. The van der Waals surface area contributed by atoms with E-state index in [1.165, 1.54) is 4.90 Å². The fourth-order valence-electron chi connectivity index (χ4n) is 3.94. The Morgan fingerprint density at radius 3 is 2.65 bits per heavy atom. The minimum Gasteiger partial charge on any atom is -0.507 e. The molecule has 2 aromatic carbocycles. The standard InChI is InChI=1S/C26H33NO4/c1-6-8-9-10-19-15-23-24(21-14-17(3)11-12-20(21)18(4)31-23)25(28)22(19)16-27(5)26(29)30-13-7-2/h11-12,14-15,28H,4,6-10,13,16H2,1-3,5H3. The summed E-state index contributed by atoms with van der Waals surface area (Å²) >= 11 is 0. The van der Waals surface area contributed by atoms with Crippen molar-refractivity contribution in [2.75, 3.05) is 13.7 Å². The van der Waals surface area contributed by atoms with E-state index in [9.17, 15) is 9.90 Å². The molecule has 1 aliphatic heterocycles. The highest BCUT2D eigenvalue weighted by atomic mass is 16.6. The molecule has 0 unspecified atom stereocenters. The molecule has 0 bridgehead atoms. The van der Waals surface area contributed by atoms with E-state index >= 15 is 0 Å². The summed E-state index contributed by atoms with van der Waals surface area (Å²) in [4.78, 5) is 13.9. The molecule has 0 aromatic heterocycles. The smallest absolute Gasteiger partial charge is 0.409 e. The van der Waals surface area contributed by atoms with Gasteiger partial charge in [-0.1, -0.05) is 57.0 Å². The van der Waals surface area contributed by atoms with Crippen molar-refractivity contribution in [3.63, 3.8) is 0 Å². The fourth-order valence-corrected chi connectivity index (χ4v) is 3.94. The maximum atomic E-state index is 12.3. The predicted octanol–water partition coefficient (Wildman–Crippen LogP) is 6.44. The maximum absolute atomic E-state index is 12.3. The molecule has 1 N–H and O–H groups in total. The molecular formula is C26H33NO4. The average molecular weight is 424 g/mol. The number of hydrogen-bond acceptors (Lipinski definition) is 4. The first kappa shape index (κ1) is 22.7. The maximum Gasteiger partial charge on any atom is 0.409 e. The lowest BCUT2D eigenvalue weighted by Gasteiger charge is -2.27. The Hall–Kier alpha value is -2.95. The molecule has 1 heterocycles. The highest BCUT2D eigenvalue weighted by Gasteiger charge is 2.28. The zero-order valence-electron chi connectivity index (χ0n) is 19.1. The number of amides is 1. The minimum absolute atomic E-state index is 0.165.